The molecule has 0 saturated carbocycles. The molecule has 0 atom stereocenters. The summed E-state index contributed by atoms with van der Waals surface area (Å²) in [5, 5.41) is 1.04. The van der Waals surface area contributed by atoms with Crippen LogP contribution in [0.4, 0.5) is 0 Å². The van der Waals surface area contributed by atoms with Crippen molar-refractivity contribution in [2.24, 2.45) is 0 Å². The summed E-state index contributed by atoms with van der Waals surface area (Å²) in [4.78, 5) is 11.6. The normalized spacial score (nSPS) is 10.5. The molecule has 0 radical (unpaired) electrons. The first-order valence-electron chi connectivity index (χ1n) is 5.82. The monoisotopic (exact) mass is 227 g/mol. The molecule has 1 aromatic carbocycles. The Morgan fingerprint density at radius 3 is 2.59 bits per heavy atom. The number of aromatic nitrogens is 1. The fourth-order valence-electron chi connectivity index (χ4n) is 1.96. The Kier molecular flexibility index (Phi) is 3.14. The average molecular weight is 227 g/mol. The minimum absolute atomic E-state index is 0.122. The topological polar surface area (TPSA) is 22.0 Å². The predicted molar refractivity (Wildman–Crippen MR) is 71.4 cm³/mol. The number of rotatable bonds is 3. The predicted octanol–water partition coefficient (Wildman–Crippen LogP) is 3.81. The van der Waals surface area contributed by atoms with E-state index >= 15 is 0 Å². The first kappa shape index (κ1) is 11.6. The largest absolute Gasteiger partial charge is 0.343 e. The molecule has 0 unspecified atom stereocenters. The Balaban J connectivity index is 2.56. The number of carbonyl (C=O) groups excluding carboxylic acids is 1. The zero-order valence-corrected chi connectivity index (χ0v) is 10.5. The lowest BCUT2D eigenvalue weighted by Gasteiger charge is -2.01. The van der Waals surface area contributed by atoms with Crippen LogP contribution >= 0.6 is 0 Å². The van der Waals surface area contributed by atoms with E-state index in [1.807, 2.05) is 24.4 Å². The number of ketones is 1. The summed E-state index contributed by atoms with van der Waals surface area (Å²) >= 11 is 0. The Labute approximate surface area is 102 Å². The van der Waals surface area contributed by atoms with Crippen molar-refractivity contribution in [2.45, 2.75) is 27.3 Å². The van der Waals surface area contributed by atoms with Gasteiger partial charge in [-0.15, -0.1) is 0 Å². The lowest BCUT2D eigenvalue weighted by Crippen LogP contribution is -1.93. The molecular formula is C15H17NO. The van der Waals surface area contributed by atoms with Crippen molar-refractivity contribution in [1.29, 1.82) is 0 Å². The van der Waals surface area contributed by atoms with Gasteiger partial charge in [0.1, 0.15) is 0 Å². The van der Waals surface area contributed by atoms with Crippen LogP contribution in [0.25, 0.3) is 10.9 Å². The average Bonchev–Trinajstić information content (AvgIpc) is 2.65. The highest BCUT2D eigenvalue weighted by atomic mass is 16.1. The van der Waals surface area contributed by atoms with Crippen LogP contribution in [-0.4, -0.2) is 10.4 Å². The SMILES string of the molecule is CC(=O)c1cn(CC=C(C)C)c2ccccc12. The maximum absolute atomic E-state index is 11.6. The van der Waals surface area contributed by atoms with E-state index in [0.29, 0.717) is 0 Å². The maximum Gasteiger partial charge on any atom is 0.161 e. The minimum atomic E-state index is 0.122. The molecule has 2 rings (SSSR count). The van der Waals surface area contributed by atoms with Gasteiger partial charge in [0.25, 0.3) is 0 Å². The molecule has 0 aliphatic heterocycles. The van der Waals surface area contributed by atoms with Crippen LogP contribution in [0.15, 0.2) is 42.1 Å². The number of allylic oxidation sites excluding steroid dienone is 2. The van der Waals surface area contributed by atoms with E-state index < -0.39 is 0 Å². The van der Waals surface area contributed by atoms with E-state index in [0.717, 1.165) is 23.0 Å². The van der Waals surface area contributed by atoms with Crippen molar-refractivity contribution in [3.05, 3.63) is 47.7 Å². The number of carbonyl (C=O) groups is 1. The number of hydrogen-bond donors (Lipinski definition) is 0. The zero-order chi connectivity index (χ0) is 12.4. The van der Waals surface area contributed by atoms with Gasteiger partial charge in [0.15, 0.2) is 5.78 Å². The standard InChI is InChI=1S/C15H17NO/c1-11(2)8-9-16-10-14(12(3)17)13-6-4-5-7-15(13)16/h4-8,10H,9H2,1-3H3. The quantitative estimate of drug-likeness (QED) is 0.577. The third-order valence-electron chi connectivity index (χ3n) is 2.86. The summed E-state index contributed by atoms with van der Waals surface area (Å²) in [5.74, 6) is 0.122. The molecule has 0 aliphatic rings. The zero-order valence-electron chi connectivity index (χ0n) is 10.5. The van der Waals surface area contributed by atoms with E-state index in [2.05, 4.69) is 30.6 Å². The molecule has 17 heavy (non-hydrogen) atoms. The number of para-hydroxylation sites is 1. The van der Waals surface area contributed by atoms with Crippen LogP contribution in [-0.2, 0) is 6.54 Å². The molecular weight excluding hydrogens is 210 g/mol. The molecule has 0 saturated heterocycles. The molecule has 0 N–H and O–H groups in total. The van der Waals surface area contributed by atoms with Gasteiger partial charge in [0.05, 0.1) is 0 Å². The van der Waals surface area contributed by atoms with E-state index in [1.54, 1.807) is 6.92 Å². The van der Waals surface area contributed by atoms with Crippen molar-refractivity contribution in [2.75, 3.05) is 0 Å². The second kappa shape index (κ2) is 4.58. The van der Waals surface area contributed by atoms with Gasteiger partial charge in [-0.25, -0.2) is 0 Å². The minimum Gasteiger partial charge on any atom is -0.343 e. The molecule has 88 valence electrons. The number of Topliss-reactive ketones (excluding diaryl/α,β-unsaturated/α-hetero) is 1. The lowest BCUT2D eigenvalue weighted by atomic mass is 10.1. The van der Waals surface area contributed by atoms with E-state index in [9.17, 15) is 4.79 Å². The first-order valence-corrected chi connectivity index (χ1v) is 5.82. The third kappa shape index (κ3) is 2.31. The van der Waals surface area contributed by atoms with Crippen LogP contribution in [0, 0.1) is 0 Å². The van der Waals surface area contributed by atoms with Gasteiger partial charge in [-0.2, -0.15) is 0 Å². The van der Waals surface area contributed by atoms with Crippen molar-refractivity contribution in [3.63, 3.8) is 0 Å². The second-order valence-corrected chi connectivity index (χ2v) is 4.55. The molecule has 2 nitrogen and oxygen atoms in total. The summed E-state index contributed by atoms with van der Waals surface area (Å²) in [7, 11) is 0. The van der Waals surface area contributed by atoms with E-state index in [1.165, 1.54) is 5.57 Å². The molecule has 0 spiro atoms. The van der Waals surface area contributed by atoms with Crippen molar-refractivity contribution in [1.82, 2.24) is 4.57 Å². The van der Waals surface area contributed by atoms with Crippen LogP contribution in [0.2, 0.25) is 0 Å². The molecule has 1 heterocycles. The van der Waals surface area contributed by atoms with E-state index in [-0.39, 0.29) is 5.78 Å². The molecule has 1 aromatic heterocycles. The number of hydrogen-bond acceptors (Lipinski definition) is 1. The van der Waals surface area contributed by atoms with Crippen molar-refractivity contribution >= 4 is 16.7 Å². The summed E-state index contributed by atoms with van der Waals surface area (Å²) in [6.07, 6.45) is 4.11. The number of fused-ring (bicyclic) bond motifs is 1. The van der Waals surface area contributed by atoms with Crippen LogP contribution in [0.5, 0.6) is 0 Å². The Bertz CT molecular complexity index is 586. The van der Waals surface area contributed by atoms with Crippen LogP contribution in [0.3, 0.4) is 0 Å². The number of benzene rings is 1. The summed E-state index contributed by atoms with van der Waals surface area (Å²) in [5.41, 5.74) is 3.21. The second-order valence-electron chi connectivity index (χ2n) is 4.55. The van der Waals surface area contributed by atoms with Crippen molar-refractivity contribution in [3.8, 4) is 0 Å². The summed E-state index contributed by atoms with van der Waals surface area (Å²) < 4.78 is 2.12. The Hall–Kier alpha value is -1.83. The lowest BCUT2D eigenvalue weighted by molar-refractivity contribution is 0.101. The van der Waals surface area contributed by atoms with Gasteiger partial charge in [-0.3, -0.25) is 4.79 Å². The van der Waals surface area contributed by atoms with Gasteiger partial charge in [-0.05, 0) is 26.8 Å². The van der Waals surface area contributed by atoms with Gasteiger partial charge < -0.3 is 4.57 Å². The maximum atomic E-state index is 11.6. The fourth-order valence-corrected chi connectivity index (χ4v) is 1.96. The highest BCUT2D eigenvalue weighted by Crippen LogP contribution is 2.21. The van der Waals surface area contributed by atoms with Gasteiger partial charge in [-0.1, -0.05) is 29.8 Å². The van der Waals surface area contributed by atoms with Gasteiger partial charge >= 0.3 is 0 Å². The summed E-state index contributed by atoms with van der Waals surface area (Å²) in [6, 6.07) is 8.04. The van der Waals surface area contributed by atoms with Crippen LogP contribution in [0.1, 0.15) is 31.1 Å². The van der Waals surface area contributed by atoms with Gasteiger partial charge in [0.2, 0.25) is 0 Å². The van der Waals surface area contributed by atoms with Crippen molar-refractivity contribution < 1.29 is 4.79 Å². The Morgan fingerprint density at radius 2 is 1.94 bits per heavy atom. The summed E-state index contributed by atoms with van der Waals surface area (Å²) in [6.45, 7) is 6.60. The third-order valence-corrected chi connectivity index (χ3v) is 2.86. The fraction of sp³-hybridized carbons (Fsp3) is 0.267. The highest BCUT2D eigenvalue weighted by molar-refractivity contribution is 6.06. The van der Waals surface area contributed by atoms with Crippen LogP contribution < -0.4 is 0 Å². The molecule has 0 fully saturated rings. The highest BCUT2D eigenvalue weighted by Gasteiger charge is 2.10. The first-order chi connectivity index (χ1) is 8.09. The smallest absolute Gasteiger partial charge is 0.161 e. The van der Waals surface area contributed by atoms with Gasteiger partial charge in [0, 0.05) is 29.2 Å². The molecule has 2 aromatic rings. The molecule has 0 aliphatic carbocycles. The molecule has 0 amide bonds. The Morgan fingerprint density at radius 1 is 1.24 bits per heavy atom. The molecule has 2 heteroatoms. The van der Waals surface area contributed by atoms with E-state index in [4.69, 9.17) is 0 Å². The number of nitrogens with zero attached hydrogens (tertiary/aromatic N) is 1. The molecule has 0 bridgehead atoms.